The van der Waals surface area contributed by atoms with Crippen LogP contribution in [-0.4, -0.2) is 41.7 Å². The van der Waals surface area contributed by atoms with Gasteiger partial charge in [0.25, 0.3) is 0 Å². The van der Waals surface area contributed by atoms with Gasteiger partial charge in [-0.05, 0) is 57.8 Å². The maximum absolute atomic E-state index is 12.4. The zero-order chi connectivity index (χ0) is 17.4. The van der Waals surface area contributed by atoms with Gasteiger partial charge in [-0.1, -0.05) is 0 Å². The third-order valence-corrected chi connectivity index (χ3v) is 6.00. The molecule has 3 aliphatic rings. The number of rotatable bonds is 4. The molecule has 0 unspecified atom stereocenters. The average molecular weight is 361 g/mol. The molecule has 2 bridgehead atoms. The van der Waals surface area contributed by atoms with Gasteiger partial charge in [0.2, 0.25) is 0 Å². The van der Waals surface area contributed by atoms with Crippen molar-refractivity contribution in [2.24, 2.45) is 5.92 Å². The molecule has 3 fully saturated rings. The summed E-state index contributed by atoms with van der Waals surface area (Å²) in [6, 6.07) is 3.72. The molecule has 7 heteroatoms. The number of thiazole rings is 1. The summed E-state index contributed by atoms with van der Waals surface area (Å²) in [6.07, 6.45) is 3.52. The molecule has 3 saturated heterocycles. The fourth-order valence-electron chi connectivity index (χ4n) is 3.60. The molecule has 0 aliphatic carbocycles. The van der Waals surface area contributed by atoms with E-state index in [2.05, 4.69) is 15.2 Å². The Hall–Kier alpha value is -1.86. The Morgan fingerprint density at radius 1 is 1.44 bits per heavy atom. The molecule has 1 N–H and O–H groups in total. The van der Waals surface area contributed by atoms with Crippen LogP contribution in [0.4, 0.5) is 4.79 Å². The lowest BCUT2D eigenvalue weighted by Gasteiger charge is -2.44. The Balaban J connectivity index is 1.40. The van der Waals surface area contributed by atoms with Crippen LogP contribution >= 0.6 is 11.3 Å². The number of hydrogen-bond acceptors (Lipinski definition) is 6. The summed E-state index contributed by atoms with van der Waals surface area (Å²) in [5.74, 6) is 1.24. The Morgan fingerprint density at radius 3 is 2.88 bits per heavy atom. The molecule has 1 atom stereocenters. The van der Waals surface area contributed by atoms with Gasteiger partial charge in [0, 0.05) is 11.9 Å². The number of fused-ring (bicyclic) bond motifs is 3. The molecule has 1 amide bonds. The molecule has 3 aliphatic heterocycles. The van der Waals surface area contributed by atoms with E-state index >= 15 is 0 Å². The number of alkyl carbamates (subject to hydrolysis) is 1. The Bertz CT molecular complexity index is 733. The van der Waals surface area contributed by atoms with Gasteiger partial charge in [-0.2, -0.15) is 0 Å². The normalized spacial score (nSPS) is 25.8. The molecule has 6 nitrogen and oxygen atoms in total. The molecule has 0 aromatic carbocycles. The van der Waals surface area contributed by atoms with E-state index in [1.807, 2.05) is 31.4 Å². The van der Waals surface area contributed by atoms with Gasteiger partial charge in [0.15, 0.2) is 10.8 Å². The number of hydrogen-bond donors (Lipinski definition) is 1. The van der Waals surface area contributed by atoms with E-state index in [1.54, 1.807) is 6.26 Å². The minimum Gasteiger partial charge on any atom is -0.462 e. The second-order valence-electron chi connectivity index (χ2n) is 7.35. The van der Waals surface area contributed by atoms with Gasteiger partial charge in [-0.3, -0.25) is 4.90 Å². The second-order valence-corrected chi connectivity index (χ2v) is 8.21. The van der Waals surface area contributed by atoms with Crippen LogP contribution < -0.4 is 5.32 Å². The Morgan fingerprint density at radius 2 is 2.24 bits per heavy atom. The number of aromatic nitrogens is 1. The van der Waals surface area contributed by atoms with Gasteiger partial charge in [0.05, 0.1) is 17.5 Å². The fourth-order valence-corrected chi connectivity index (χ4v) is 4.56. The summed E-state index contributed by atoms with van der Waals surface area (Å²) in [5, 5.41) is 5.73. The van der Waals surface area contributed by atoms with E-state index < -0.39 is 5.54 Å². The van der Waals surface area contributed by atoms with Crippen molar-refractivity contribution in [3.05, 3.63) is 29.5 Å². The SMILES string of the molecule is CC(C)(NC(=O)O[C@@H]1CN2CCC1CC2)c1csc(-c2ccco2)n1. The molecule has 0 spiro atoms. The van der Waals surface area contributed by atoms with Gasteiger partial charge < -0.3 is 14.5 Å². The first-order valence-corrected chi connectivity index (χ1v) is 9.60. The monoisotopic (exact) mass is 361 g/mol. The number of ether oxygens (including phenoxy) is 1. The quantitative estimate of drug-likeness (QED) is 0.903. The minimum atomic E-state index is -0.605. The lowest BCUT2D eigenvalue weighted by molar-refractivity contribution is -0.0350. The number of piperidine rings is 3. The molecule has 5 rings (SSSR count). The third-order valence-electron chi connectivity index (χ3n) is 5.15. The van der Waals surface area contributed by atoms with Crippen molar-refractivity contribution in [3.8, 4) is 10.8 Å². The largest absolute Gasteiger partial charge is 0.462 e. The molecule has 2 aromatic heterocycles. The van der Waals surface area contributed by atoms with Crippen molar-refractivity contribution in [3.63, 3.8) is 0 Å². The predicted octanol–water partition coefficient (Wildman–Crippen LogP) is 3.46. The van der Waals surface area contributed by atoms with Crippen molar-refractivity contribution < 1.29 is 13.9 Å². The number of furan rings is 1. The maximum Gasteiger partial charge on any atom is 0.408 e. The lowest BCUT2D eigenvalue weighted by atomic mass is 9.86. The van der Waals surface area contributed by atoms with Crippen LogP contribution in [-0.2, 0) is 10.3 Å². The maximum atomic E-state index is 12.4. The van der Waals surface area contributed by atoms with Gasteiger partial charge in [0.1, 0.15) is 6.10 Å². The molecule has 25 heavy (non-hydrogen) atoms. The van der Waals surface area contributed by atoms with Crippen molar-refractivity contribution in [2.45, 2.75) is 38.3 Å². The van der Waals surface area contributed by atoms with Crippen LogP contribution in [0.1, 0.15) is 32.4 Å². The summed E-state index contributed by atoms with van der Waals surface area (Å²) in [7, 11) is 0. The van der Waals surface area contributed by atoms with Crippen LogP contribution in [0.5, 0.6) is 0 Å². The highest BCUT2D eigenvalue weighted by molar-refractivity contribution is 7.13. The second kappa shape index (κ2) is 6.46. The van der Waals surface area contributed by atoms with E-state index in [9.17, 15) is 4.79 Å². The van der Waals surface area contributed by atoms with Crippen molar-refractivity contribution >= 4 is 17.4 Å². The highest BCUT2D eigenvalue weighted by atomic mass is 32.1. The van der Waals surface area contributed by atoms with Crippen molar-refractivity contribution in [1.82, 2.24) is 15.2 Å². The van der Waals surface area contributed by atoms with Crippen LogP contribution in [0.25, 0.3) is 10.8 Å². The third kappa shape index (κ3) is 3.43. The summed E-state index contributed by atoms with van der Waals surface area (Å²) >= 11 is 1.50. The smallest absolute Gasteiger partial charge is 0.408 e. The van der Waals surface area contributed by atoms with Crippen molar-refractivity contribution in [1.29, 1.82) is 0 Å². The van der Waals surface area contributed by atoms with Gasteiger partial charge in [-0.15, -0.1) is 11.3 Å². The summed E-state index contributed by atoms with van der Waals surface area (Å²) in [5.41, 5.74) is 0.196. The number of carbonyl (C=O) groups excluding carboxylic acids is 1. The molecule has 2 aromatic rings. The molecular weight excluding hydrogens is 338 g/mol. The number of carbonyl (C=O) groups is 1. The first-order chi connectivity index (χ1) is 12.0. The highest BCUT2D eigenvalue weighted by Crippen LogP contribution is 2.31. The number of nitrogens with one attached hydrogen (secondary N) is 1. The van der Waals surface area contributed by atoms with E-state index in [0.717, 1.165) is 48.9 Å². The Labute approximate surface area is 151 Å². The predicted molar refractivity (Wildman–Crippen MR) is 95.4 cm³/mol. The Kier molecular flexibility index (Phi) is 4.29. The zero-order valence-electron chi connectivity index (χ0n) is 14.5. The van der Waals surface area contributed by atoms with Crippen LogP contribution in [0.3, 0.4) is 0 Å². The van der Waals surface area contributed by atoms with Crippen LogP contribution in [0, 0.1) is 5.92 Å². The molecule has 0 saturated carbocycles. The average Bonchev–Trinajstić information content (AvgIpc) is 3.27. The molecular formula is C18H23N3O3S. The standard InChI is InChI=1S/C18H23N3O3S/c1-18(2,15-11-25-16(19-15)13-4-3-9-23-13)20-17(22)24-14-10-21-7-5-12(14)6-8-21/h3-4,9,11-12,14H,5-8,10H2,1-2H3,(H,20,22)/t14-/m1/s1. The van der Waals surface area contributed by atoms with E-state index in [-0.39, 0.29) is 12.2 Å². The van der Waals surface area contributed by atoms with E-state index in [1.165, 1.54) is 11.3 Å². The zero-order valence-corrected chi connectivity index (χ0v) is 15.3. The topological polar surface area (TPSA) is 67.6 Å². The molecule has 0 radical (unpaired) electrons. The number of amides is 1. The van der Waals surface area contributed by atoms with Crippen molar-refractivity contribution in [2.75, 3.05) is 19.6 Å². The van der Waals surface area contributed by atoms with E-state index in [4.69, 9.17) is 9.15 Å². The highest BCUT2D eigenvalue weighted by Gasteiger charge is 2.37. The van der Waals surface area contributed by atoms with E-state index in [0.29, 0.717) is 5.92 Å². The fraction of sp³-hybridized carbons (Fsp3) is 0.556. The van der Waals surface area contributed by atoms with Gasteiger partial charge >= 0.3 is 6.09 Å². The van der Waals surface area contributed by atoms with Crippen LogP contribution in [0.2, 0.25) is 0 Å². The molecule has 5 heterocycles. The summed E-state index contributed by atoms with van der Waals surface area (Å²) in [4.78, 5) is 19.4. The summed E-state index contributed by atoms with van der Waals surface area (Å²) in [6.45, 7) is 6.99. The summed E-state index contributed by atoms with van der Waals surface area (Å²) < 4.78 is 11.1. The van der Waals surface area contributed by atoms with Gasteiger partial charge in [-0.25, -0.2) is 9.78 Å². The lowest BCUT2D eigenvalue weighted by Crippen LogP contribution is -2.53. The first kappa shape index (κ1) is 16.6. The number of nitrogens with zero attached hydrogens (tertiary/aromatic N) is 2. The molecule has 134 valence electrons. The first-order valence-electron chi connectivity index (χ1n) is 8.72. The van der Waals surface area contributed by atoms with Crippen LogP contribution in [0.15, 0.2) is 28.2 Å². The minimum absolute atomic E-state index is 0.00686.